The molecule has 152 valence electrons. The van der Waals surface area contributed by atoms with Gasteiger partial charge in [-0.15, -0.1) is 0 Å². The molecule has 0 aliphatic rings. The number of nitro groups is 1. The van der Waals surface area contributed by atoms with Gasteiger partial charge in [-0.2, -0.15) is 10.1 Å². The Morgan fingerprint density at radius 3 is 2.59 bits per heavy atom. The van der Waals surface area contributed by atoms with Crippen molar-refractivity contribution in [2.45, 2.75) is 20.4 Å². The molecule has 2 N–H and O–H groups in total. The number of carbonyl (C=O) groups excluding carboxylic acids is 2. The van der Waals surface area contributed by atoms with Gasteiger partial charge in [0, 0.05) is 13.1 Å². The molecule has 0 bridgehead atoms. The number of hydrogen-bond donors (Lipinski definition) is 2. The third-order valence-electron chi connectivity index (χ3n) is 3.92. The number of rotatable bonds is 8. The van der Waals surface area contributed by atoms with Crippen LogP contribution >= 0.6 is 0 Å². The van der Waals surface area contributed by atoms with Crippen LogP contribution in [-0.2, 0) is 6.54 Å². The predicted octanol–water partition coefficient (Wildman–Crippen LogP) is 0.592. The van der Waals surface area contributed by atoms with E-state index < -0.39 is 16.7 Å². The second-order valence-electron chi connectivity index (χ2n) is 5.94. The first-order valence-electron chi connectivity index (χ1n) is 8.47. The zero-order valence-electron chi connectivity index (χ0n) is 15.5. The summed E-state index contributed by atoms with van der Waals surface area (Å²) in [5, 5.41) is 23.9. The van der Waals surface area contributed by atoms with Crippen molar-refractivity contribution in [1.29, 1.82) is 0 Å². The zero-order chi connectivity index (χ0) is 21.0. The Hall–Kier alpha value is -4.03. The van der Waals surface area contributed by atoms with Crippen molar-refractivity contribution in [3.63, 3.8) is 0 Å². The van der Waals surface area contributed by atoms with E-state index in [1.165, 1.54) is 23.9 Å². The standard InChI is InChI=1S/C16H17N7O6/c1-9-13(23(26)27)10(2)22(20-9)8-12-19-16(29-21-12)15(25)18-6-5-17-14(24)11-4-3-7-28-11/h3-4,7H,5-6,8H2,1-2H3,(H,17,24)(H,18,25). The molecule has 3 heterocycles. The summed E-state index contributed by atoms with van der Waals surface area (Å²) in [5.74, 6) is -0.976. The normalized spacial score (nSPS) is 10.7. The van der Waals surface area contributed by atoms with Gasteiger partial charge in [-0.1, -0.05) is 5.16 Å². The van der Waals surface area contributed by atoms with Crippen LogP contribution in [0.25, 0.3) is 0 Å². The number of amides is 2. The number of nitrogens with zero attached hydrogens (tertiary/aromatic N) is 5. The summed E-state index contributed by atoms with van der Waals surface area (Å²) < 4.78 is 11.2. The van der Waals surface area contributed by atoms with Crippen LogP contribution in [0, 0.1) is 24.0 Å². The molecule has 0 aromatic carbocycles. The fourth-order valence-electron chi connectivity index (χ4n) is 2.57. The van der Waals surface area contributed by atoms with Crippen LogP contribution in [-0.4, -0.2) is 49.7 Å². The van der Waals surface area contributed by atoms with Gasteiger partial charge in [0.2, 0.25) is 0 Å². The largest absolute Gasteiger partial charge is 0.459 e. The van der Waals surface area contributed by atoms with Gasteiger partial charge in [0.05, 0.1) is 11.2 Å². The second-order valence-corrected chi connectivity index (χ2v) is 5.94. The molecule has 2 amide bonds. The van der Waals surface area contributed by atoms with Gasteiger partial charge in [-0.25, -0.2) is 0 Å². The lowest BCUT2D eigenvalue weighted by atomic mass is 10.3. The van der Waals surface area contributed by atoms with Crippen LogP contribution in [0.3, 0.4) is 0 Å². The van der Waals surface area contributed by atoms with E-state index in [9.17, 15) is 19.7 Å². The molecule has 0 fully saturated rings. The zero-order valence-corrected chi connectivity index (χ0v) is 15.5. The van der Waals surface area contributed by atoms with Crippen LogP contribution in [0.5, 0.6) is 0 Å². The molecular formula is C16H17N7O6. The van der Waals surface area contributed by atoms with E-state index in [0.717, 1.165) is 0 Å². The minimum Gasteiger partial charge on any atom is -0.459 e. The third-order valence-corrected chi connectivity index (χ3v) is 3.92. The fourth-order valence-corrected chi connectivity index (χ4v) is 2.57. The topological polar surface area (TPSA) is 171 Å². The first-order chi connectivity index (χ1) is 13.9. The van der Waals surface area contributed by atoms with Gasteiger partial charge in [0.25, 0.3) is 5.91 Å². The molecule has 0 unspecified atom stereocenters. The average Bonchev–Trinajstić information content (AvgIpc) is 3.40. The summed E-state index contributed by atoms with van der Waals surface area (Å²) >= 11 is 0. The fraction of sp³-hybridized carbons (Fsp3) is 0.312. The van der Waals surface area contributed by atoms with E-state index >= 15 is 0 Å². The van der Waals surface area contributed by atoms with E-state index in [4.69, 9.17) is 8.94 Å². The maximum absolute atomic E-state index is 12.0. The van der Waals surface area contributed by atoms with Crippen molar-refractivity contribution in [2.75, 3.05) is 13.1 Å². The van der Waals surface area contributed by atoms with Gasteiger partial charge in [-0.3, -0.25) is 24.4 Å². The predicted molar refractivity (Wildman–Crippen MR) is 95.1 cm³/mol. The highest BCUT2D eigenvalue weighted by molar-refractivity contribution is 5.91. The first-order valence-corrected chi connectivity index (χ1v) is 8.47. The highest BCUT2D eigenvalue weighted by Crippen LogP contribution is 2.22. The molecular weight excluding hydrogens is 386 g/mol. The molecule has 0 saturated carbocycles. The lowest BCUT2D eigenvalue weighted by Gasteiger charge is -2.03. The molecule has 0 radical (unpaired) electrons. The third kappa shape index (κ3) is 4.45. The molecule has 3 rings (SSSR count). The molecule has 3 aromatic heterocycles. The quantitative estimate of drug-likeness (QED) is 0.310. The highest BCUT2D eigenvalue weighted by Gasteiger charge is 2.23. The first kappa shape index (κ1) is 19.7. The smallest absolute Gasteiger partial charge is 0.316 e. The lowest BCUT2D eigenvalue weighted by molar-refractivity contribution is -0.386. The van der Waals surface area contributed by atoms with Crippen LogP contribution in [0.2, 0.25) is 0 Å². The number of aromatic nitrogens is 4. The van der Waals surface area contributed by atoms with Crippen molar-refractivity contribution in [3.05, 3.63) is 57.4 Å². The summed E-state index contributed by atoms with van der Waals surface area (Å²) in [5.41, 5.74) is 0.532. The van der Waals surface area contributed by atoms with E-state index in [2.05, 4.69) is 25.9 Å². The minimum atomic E-state index is -0.615. The van der Waals surface area contributed by atoms with E-state index in [-0.39, 0.29) is 48.5 Å². The molecule has 3 aromatic rings. The van der Waals surface area contributed by atoms with E-state index in [1.54, 1.807) is 13.0 Å². The Morgan fingerprint density at radius 1 is 1.24 bits per heavy atom. The number of nitrogens with one attached hydrogen (secondary N) is 2. The maximum atomic E-state index is 12.0. The van der Waals surface area contributed by atoms with Crippen molar-refractivity contribution >= 4 is 17.5 Å². The van der Waals surface area contributed by atoms with Crippen molar-refractivity contribution in [2.24, 2.45) is 0 Å². The minimum absolute atomic E-state index is 0.0104. The molecule has 0 atom stereocenters. The Bertz CT molecular complexity index is 1040. The molecule has 0 aliphatic heterocycles. The monoisotopic (exact) mass is 403 g/mol. The Morgan fingerprint density at radius 2 is 1.97 bits per heavy atom. The molecule has 0 spiro atoms. The van der Waals surface area contributed by atoms with Crippen LogP contribution < -0.4 is 10.6 Å². The second kappa shape index (κ2) is 8.33. The Labute approximate surface area is 163 Å². The molecule has 0 aliphatic carbocycles. The molecule has 0 saturated heterocycles. The highest BCUT2D eigenvalue weighted by atomic mass is 16.6. The summed E-state index contributed by atoms with van der Waals surface area (Å²) in [7, 11) is 0. The van der Waals surface area contributed by atoms with Crippen molar-refractivity contribution in [3.8, 4) is 0 Å². The van der Waals surface area contributed by atoms with Gasteiger partial charge in [-0.05, 0) is 26.0 Å². The van der Waals surface area contributed by atoms with Crippen LogP contribution in [0.15, 0.2) is 27.3 Å². The number of carbonyl (C=O) groups is 2. The maximum Gasteiger partial charge on any atom is 0.316 e. The van der Waals surface area contributed by atoms with Crippen LogP contribution in [0.4, 0.5) is 5.69 Å². The van der Waals surface area contributed by atoms with Gasteiger partial charge in [0.1, 0.15) is 17.9 Å². The Kier molecular flexibility index (Phi) is 5.66. The number of aryl methyl sites for hydroxylation is 1. The lowest BCUT2D eigenvalue weighted by Crippen LogP contribution is -2.34. The van der Waals surface area contributed by atoms with Gasteiger partial charge in [0.15, 0.2) is 11.6 Å². The summed E-state index contributed by atoms with van der Waals surface area (Å²) in [6.07, 6.45) is 1.38. The number of hydrogen-bond acceptors (Lipinski definition) is 9. The van der Waals surface area contributed by atoms with Gasteiger partial charge < -0.3 is 19.6 Å². The van der Waals surface area contributed by atoms with Crippen molar-refractivity contribution < 1.29 is 23.5 Å². The molecule has 29 heavy (non-hydrogen) atoms. The summed E-state index contributed by atoms with van der Waals surface area (Å²) in [4.78, 5) is 38.2. The van der Waals surface area contributed by atoms with E-state index in [0.29, 0.717) is 5.69 Å². The van der Waals surface area contributed by atoms with E-state index in [1.807, 2.05) is 0 Å². The summed E-state index contributed by atoms with van der Waals surface area (Å²) in [6.45, 7) is 3.40. The Balaban J connectivity index is 1.52. The van der Waals surface area contributed by atoms with Gasteiger partial charge >= 0.3 is 17.5 Å². The average molecular weight is 403 g/mol. The molecule has 13 heteroatoms. The molecule has 13 nitrogen and oxygen atoms in total. The SMILES string of the molecule is Cc1nn(Cc2noc(C(=O)NCCNC(=O)c3ccco3)n2)c(C)c1[N+](=O)[O-]. The number of furan rings is 1. The van der Waals surface area contributed by atoms with Crippen molar-refractivity contribution in [1.82, 2.24) is 30.6 Å². The summed E-state index contributed by atoms with van der Waals surface area (Å²) in [6, 6.07) is 3.11. The van der Waals surface area contributed by atoms with Crippen LogP contribution in [0.1, 0.15) is 38.5 Å².